The minimum Gasteiger partial charge on any atom is -0.387 e. The van der Waals surface area contributed by atoms with Gasteiger partial charge in [0.2, 0.25) is 0 Å². The predicted molar refractivity (Wildman–Crippen MR) is 118 cm³/mol. The lowest BCUT2D eigenvalue weighted by Crippen LogP contribution is -2.03. The SMILES string of the molecule is Cc1c(C)n(Cc2ccncc2)c2ncn3nc(CO/N=C\c4ccccc4)nc3c12. The Morgan fingerprint density at radius 1 is 1.03 bits per heavy atom. The summed E-state index contributed by atoms with van der Waals surface area (Å²) in [6.45, 7) is 5.10. The first-order valence-corrected chi connectivity index (χ1v) is 9.99. The molecule has 0 fully saturated rings. The Kier molecular flexibility index (Phi) is 4.87. The van der Waals surface area contributed by atoms with Gasteiger partial charge in [0.15, 0.2) is 18.1 Å². The summed E-state index contributed by atoms with van der Waals surface area (Å²) in [5.74, 6) is 0.554. The van der Waals surface area contributed by atoms with E-state index in [2.05, 4.69) is 38.6 Å². The van der Waals surface area contributed by atoms with Crippen molar-refractivity contribution in [3.05, 3.63) is 89.4 Å². The van der Waals surface area contributed by atoms with Crippen molar-refractivity contribution >= 4 is 22.9 Å². The van der Waals surface area contributed by atoms with Crippen LogP contribution in [0.5, 0.6) is 0 Å². The molecule has 0 spiro atoms. The number of hydrogen-bond acceptors (Lipinski definition) is 6. The molecule has 31 heavy (non-hydrogen) atoms. The van der Waals surface area contributed by atoms with Gasteiger partial charge in [-0.2, -0.15) is 0 Å². The maximum absolute atomic E-state index is 5.40. The van der Waals surface area contributed by atoms with E-state index in [9.17, 15) is 0 Å². The van der Waals surface area contributed by atoms with Gasteiger partial charge in [-0.25, -0.2) is 14.5 Å². The minimum atomic E-state index is 0.183. The zero-order valence-electron chi connectivity index (χ0n) is 17.3. The molecule has 8 heteroatoms. The van der Waals surface area contributed by atoms with E-state index >= 15 is 0 Å². The summed E-state index contributed by atoms with van der Waals surface area (Å²) < 4.78 is 3.90. The third kappa shape index (κ3) is 3.63. The number of fused-ring (bicyclic) bond motifs is 3. The van der Waals surface area contributed by atoms with Crippen LogP contribution < -0.4 is 0 Å². The van der Waals surface area contributed by atoms with Gasteiger partial charge in [0.05, 0.1) is 11.6 Å². The van der Waals surface area contributed by atoms with E-state index in [1.54, 1.807) is 29.5 Å². The highest BCUT2D eigenvalue weighted by Gasteiger charge is 2.18. The Bertz CT molecular complexity index is 1370. The first-order chi connectivity index (χ1) is 15.2. The number of hydrogen-bond donors (Lipinski definition) is 0. The Labute approximate surface area is 178 Å². The molecule has 0 amide bonds. The number of nitrogens with zero attached hydrogens (tertiary/aromatic N) is 7. The topological polar surface area (TPSA) is 82.5 Å². The van der Waals surface area contributed by atoms with Crippen LogP contribution in [-0.4, -0.2) is 35.3 Å². The first kappa shape index (κ1) is 18.9. The van der Waals surface area contributed by atoms with Crippen LogP contribution in [0.4, 0.5) is 0 Å². The Balaban J connectivity index is 1.44. The molecular weight excluding hydrogens is 390 g/mol. The van der Waals surface area contributed by atoms with Crippen molar-refractivity contribution < 1.29 is 4.84 Å². The van der Waals surface area contributed by atoms with Crippen LogP contribution >= 0.6 is 0 Å². The van der Waals surface area contributed by atoms with Gasteiger partial charge < -0.3 is 9.40 Å². The van der Waals surface area contributed by atoms with Crippen molar-refractivity contribution in [2.24, 2.45) is 5.16 Å². The van der Waals surface area contributed by atoms with E-state index in [1.165, 1.54) is 5.56 Å². The Hall–Kier alpha value is -4.07. The van der Waals surface area contributed by atoms with Crippen LogP contribution in [0.15, 0.2) is 66.3 Å². The van der Waals surface area contributed by atoms with E-state index in [0.29, 0.717) is 5.82 Å². The molecule has 0 aliphatic heterocycles. The molecule has 0 N–H and O–H groups in total. The van der Waals surface area contributed by atoms with Crippen molar-refractivity contribution in [3.63, 3.8) is 0 Å². The average Bonchev–Trinajstić information content (AvgIpc) is 3.32. The molecule has 0 saturated heterocycles. The summed E-state index contributed by atoms with van der Waals surface area (Å²) in [7, 11) is 0. The van der Waals surface area contributed by atoms with E-state index in [0.717, 1.165) is 40.0 Å². The van der Waals surface area contributed by atoms with Crippen LogP contribution in [0.25, 0.3) is 16.7 Å². The molecular formula is C23H21N7O. The fraction of sp³-hybridized carbons (Fsp3) is 0.174. The normalized spacial score (nSPS) is 11.7. The quantitative estimate of drug-likeness (QED) is 0.314. The van der Waals surface area contributed by atoms with Gasteiger partial charge in [0.1, 0.15) is 12.0 Å². The average molecular weight is 411 g/mol. The van der Waals surface area contributed by atoms with E-state index in [-0.39, 0.29) is 6.61 Å². The molecule has 0 aliphatic carbocycles. The number of aryl methyl sites for hydroxylation is 1. The van der Waals surface area contributed by atoms with Gasteiger partial charge in [0.25, 0.3) is 0 Å². The van der Waals surface area contributed by atoms with Crippen molar-refractivity contribution in [1.29, 1.82) is 0 Å². The largest absolute Gasteiger partial charge is 0.387 e. The van der Waals surface area contributed by atoms with Crippen molar-refractivity contribution in [2.45, 2.75) is 27.0 Å². The van der Waals surface area contributed by atoms with Crippen LogP contribution in [-0.2, 0) is 18.0 Å². The van der Waals surface area contributed by atoms with Crippen molar-refractivity contribution in [1.82, 2.24) is 29.1 Å². The lowest BCUT2D eigenvalue weighted by molar-refractivity contribution is 0.126. The summed E-state index contributed by atoms with van der Waals surface area (Å²) in [5, 5.41) is 9.51. The predicted octanol–water partition coefficient (Wildman–Crippen LogP) is 3.69. The lowest BCUT2D eigenvalue weighted by atomic mass is 10.2. The molecule has 154 valence electrons. The number of aromatic nitrogens is 6. The molecule has 5 aromatic rings. The molecule has 4 aromatic heterocycles. The Morgan fingerprint density at radius 2 is 1.84 bits per heavy atom. The second-order valence-electron chi connectivity index (χ2n) is 7.31. The number of oxime groups is 1. The Morgan fingerprint density at radius 3 is 2.65 bits per heavy atom. The van der Waals surface area contributed by atoms with Gasteiger partial charge >= 0.3 is 0 Å². The van der Waals surface area contributed by atoms with Gasteiger partial charge in [-0.3, -0.25) is 4.98 Å². The van der Waals surface area contributed by atoms with Crippen LogP contribution in [0.2, 0.25) is 0 Å². The van der Waals surface area contributed by atoms with Gasteiger partial charge in [-0.1, -0.05) is 35.5 Å². The summed E-state index contributed by atoms with van der Waals surface area (Å²) in [6, 6.07) is 13.8. The van der Waals surface area contributed by atoms with Gasteiger partial charge in [-0.05, 0) is 42.7 Å². The van der Waals surface area contributed by atoms with Crippen LogP contribution in [0.1, 0.15) is 28.2 Å². The smallest absolute Gasteiger partial charge is 0.192 e. The fourth-order valence-electron chi connectivity index (χ4n) is 3.63. The summed E-state index contributed by atoms with van der Waals surface area (Å²) in [5.41, 5.74) is 6.09. The van der Waals surface area contributed by atoms with Crippen molar-refractivity contribution in [2.75, 3.05) is 0 Å². The summed E-state index contributed by atoms with van der Waals surface area (Å²) >= 11 is 0. The highest BCUT2D eigenvalue weighted by atomic mass is 16.6. The third-order valence-corrected chi connectivity index (χ3v) is 5.35. The monoisotopic (exact) mass is 411 g/mol. The highest BCUT2D eigenvalue weighted by Crippen LogP contribution is 2.27. The molecule has 5 rings (SSSR count). The standard InChI is InChI=1S/C23H21N7O/c1-16-17(2)29(13-19-8-10-24-11-9-19)22-21(16)23-27-20(28-30(23)15-25-22)14-31-26-12-18-6-4-3-5-7-18/h3-12,15H,13-14H2,1-2H3/b26-12-. The fourth-order valence-corrected chi connectivity index (χ4v) is 3.63. The second kappa shape index (κ2) is 7.98. The number of benzene rings is 1. The zero-order valence-corrected chi connectivity index (χ0v) is 17.3. The zero-order chi connectivity index (χ0) is 21.2. The molecule has 0 bridgehead atoms. The van der Waals surface area contributed by atoms with E-state index < -0.39 is 0 Å². The maximum Gasteiger partial charge on any atom is 0.192 e. The van der Waals surface area contributed by atoms with E-state index in [4.69, 9.17) is 9.82 Å². The lowest BCUT2D eigenvalue weighted by Gasteiger charge is -2.07. The second-order valence-corrected chi connectivity index (χ2v) is 7.31. The molecule has 8 nitrogen and oxygen atoms in total. The van der Waals surface area contributed by atoms with E-state index in [1.807, 2.05) is 42.5 Å². The van der Waals surface area contributed by atoms with Crippen molar-refractivity contribution in [3.8, 4) is 0 Å². The molecule has 0 aliphatic rings. The third-order valence-electron chi connectivity index (χ3n) is 5.35. The van der Waals surface area contributed by atoms with Crippen LogP contribution in [0, 0.1) is 13.8 Å². The highest BCUT2D eigenvalue weighted by molar-refractivity contribution is 5.93. The molecule has 0 radical (unpaired) electrons. The van der Waals surface area contributed by atoms with Gasteiger partial charge in [0, 0.05) is 24.6 Å². The molecule has 0 atom stereocenters. The van der Waals surface area contributed by atoms with Gasteiger partial charge in [-0.15, -0.1) is 5.10 Å². The first-order valence-electron chi connectivity index (χ1n) is 9.99. The number of rotatable bonds is 6. The molecule has 0 saturated carbocycles. The summed E-state index contributed by atoms with van der Waals surface area (Å²) in [4.78, 5) is 18.9. The number of pyridine rings is 1. The minimum absolute atomic E-state index is 0.183. The molecule has 0 unspecified atom stereocenters. The summed E-state index contributed by atoms with van der Waals surface area (Å²) in [6.07, 6.45) is 6.98. The van der Waals surface area contributed by atoms with Crippen LogP contribution in [0.3, 0.4) is 0 Å². The molecule has 4 heterocycles. The maximum atomic E-state index is 5.40. The molecule has 1 aromatic carbocycles.